The number of hydrogen-bond donors (Lipinski definition) is 1. The van der Waals surface area contributed by atoms with Gasteiger partial charge in [-0.1, -0.05) is 30.3 Å². The van der Waals surface area contributed by atoms with Crippen LogP contribution in [0.25, 0.3) is 0 Å². The molecule has 28 heavy (non-hydrogen) atoms. The second-order valence-electron chi connectivity index (χ2n) is 5.70. The predicted molar refractivity (Wildman–Crippen MR) is 105 cm³/mol. The molecule has 1 amide bonds. The molecule has 0 atom stereocenters. The first-order valence-corrected chi connectivity index (χ1v) is 9.25. The standard InChI is InChI=1S/C21H16N2O4S/c22-12-17-10-11-28-20(17)23-19(24)14-27-21(25)16-8-6-15(7-9-16)13-26-18-4-2-1-3-5-18/h1-11H,13-14H2,(H,23,24). The summed E-state index contributed by atoms with van der Waals surface area (Å²) in [5.41, 5.74) is 1.61. The van der Waals surface area contributed by atoms with Crippen molar-refractivity contribution in [1.29, 1.82) is 5.26 Å². The molecule has 0 bridgehead atoms. The Morgan fingerprint density at radius 3 is 2.50 bits per heavy atom. The first-order valence-electron chi connectivity index (χ1n) is 8.37. The Kier molecular flexibility index (Phi) is 6.39. The summed E-state index contributed by atoms with van der Waals surface area (Å²) in [6.45, 7) is -0.0513. The van der Waals surface area contributed by atoms with E-state index in [2.05, 4.69) is 5.32 Å². The summed E-state index contributed by atoms with van der Waals surface area (Å²) in [6.07, 6.45) is 0. The van der Waals surface area contributed by atoms with Crippen LogP contribution in [0, 0.1) is 11.3 Å². The molecule has 140 valence electrons. The smallest absolute Gasteiger partial charge is 0.338 e. The highest BCUT2D eigenvalue weighted by atomic mass is 32.1. The van der Waals surface area contributed by atoms with E-state index in [0.717, 1.165) is 11.3 Å². The number of carbonyl (C=O) groups is 2. The van der Waals surface area contributed by atoms with Gasteiger partial charge in [0.2, 0.25) is 0 Å². The molecule has 1 aromatic heterocycles. The third-order valence-corrected chi connectivity index (χ3v) is 4.54. The van der Waals surface area contributed by atoms with Crippen molar-refractivity contribution in [3.05, 3.63) is 82.7 Å². The lowest BCUT2D eigenvalue weighted by molar-refractivity contribution is -0.119. The maximum absolute atomic E-state index is 12.1. The molecule has 7 heteroatoms. The number of amides is 1. The summed E-state index contributed by atoms with van der Waals surface area (Å²) in [5.74, 6) is -0.333. The van der Waals surface area contributed by atoms with Crippen molar-refractivity contribution in [1.82, 2.24) is 0 Å². The van der Waals surface area contributed by atoms with Gasteiger partial charge in [-0.15, -0.1) is 11.3 Å². The second kappa shape index (κ2) is 9.35. The highest BCUT2D eigenvalue weighted by Gasteiger charge is 2.12. The SMILES string of the molecule is N#Cc1ccsc1NC(=O)COC(=O)c1ccc(COc2ccccc2)cc1. The van der Waals surface area contributed by atoms with Crippen LogP contribution in [-0.2, 0) is 16.1 Å². The Hall–Kier alpha value is -3.63. The summed E-state index contributed by atoms with van der Waals surface area (Å²) in [7, 11) is 0. The van der Waals surface area contributed by atoms with Crippen LogP contribution >= 0.6 is 11.3 Å². The van der Waals surface area contributed by atoms with Crippen molar-refractivity contribution in [3.63, 3.8) is 0 Å². The van der Waals surface area contributed by atoms with E-state index in [-0.39, 0.29) is 0 Å². The van der Waals surface area contributed by atoms with Crippen LogP contribution in [0.4, 0.5) is 5.00 Å². The first kappa shape index (κ1) is 19.1. The molecule has 0 aliphatic heterocycles. The van der Waals surface area contributed by atoms with E-state index in [1.54, 1.807) is 35.7 Å². The number of nitriles is 1. The van der Waals surface area contributed by atoms with Crippen LogP contribution in [-0.4, -0.2) is 18.5 Å². The summed E-state index contributed by atoms with van der Waals surface area (Å²) in [4.78, 5) is 24.0. The summed E-state index contributed by atoms with van der Waals surface area (Å²) in [6, 6.07) is 19.8. The molecule has 0 radical (unpaired) electrons. The predicted octanol–water partition coefficient (Wildman–Crippen LogP) is 3.99. The number of nitrogens with one attached hydrogen (secondary N) is 1. The third kappa shape index (κ3) is 5.19. The molecule has 0 aliphatic rings. The normalized spacial score (nSPS) is 9.96. The van der Waals surface area contributed by atoms with E-state index in [0.29, 0.717) is 22.7 Å². The van der Waals surface area contributed by atoms with Gasteiger partial charge < -0.3 is 14.8 Å². The van der Waals surface area contributed by atoms with Crippen LogP contribution < -0.4 is 10.1 Å². The zero-order valence-electron chi connectivity index (χ0n) is 14.8. The molecule has 6 nitrogen and oxygen atoms in total. The lowest BCUT2D eigenvalue weighted by Gasteiger charge is -2.08. The van der Waals surface area contributed by atoms with Gasteiger partial charge in [0.05, 0.1) is 11.1 Å². The topological polar surface area (TPSA) is 88.4 Å². The minimum Gasteiger partial charge on any atom is -0.489 e. The number of thiophene rings is 1. The molecule has 0 fully saturated rings. The minimum absolute atomic E-state index is 0.338. The molecule has 3 rings (SSSR count). The largest absolute Gasteiger partial charge is 0.489 e. The first-order chi connectivity index (χ1) is 13.7. The van der Waals surface area contributed by atoms with Gasteiger partial charge in [0.25, 0.3) is 5.91 Å². The fraction of sp³-hybridized carbons (Fsp3) is 0.0952. The molecule has 0 aliphatic carbocycles. The van der Waals surface area contributed by atoms with Crippen molar-refractivity contribution < 1.29 is 19.1 Å². The number of ether oxygens (including phenoxy) is 2. The Labute approximate surface area is 166 Å². The summed E-state index contributed by atoms with van der Waals surface area (Å²) in [5, 5.41) is 13.6. The van der Waals surface area contributed by atoms with Crippen molar-refractivity contribution >= 4 is 28.2 Å². The van der Waals surface area contributed by atoms with Gasteiger partial charge in [-0.05, 0) is 41.3 Å². The Bertz CT molecular complexity index is 991. The molecule has 1 N–H and O–H groups in total. The second-order valence-corrected chi connectivity index (χ2v) is 6.61. The van der Waals surface area contributed by atoms with Crippen LogP contribution in [0.2, 0.25) is 0 Å². The van der Waals surface area contributed by atoms with Crippen molar-refractivity contribution in [2.24, 2.45) is 0 Å². The number of benzene rings is 2. The van der Waals surface area contributed by atoms with Gasteiger partial charge in [-0.3, -0.25) is 4.79 Å². The van der Waals surface area contributed by atoms with Gasteiger partial charge >= 0.3 is 5.97 Å². The third-order valence-electron chi connectivity index (χ3n) is 3.71. The molecule has 0 saturated heterocycles. The zero-order chi connectivity index (χ0) is 19.8. The molecule has 0 spiro atoms. The van der Waals surface area contributed by atoms with E-state index in [9.17, 15) is 9.59 Å². The van der Waals surface area contributed by atoms with Crippen LogP contribution in [0.5, 0.6) is 5.75 Å². The molecule has 2 aromatic carbocycles. The summed E-state index contributed by atoms with van der Waals surface area (Å²) >= 11 is 1.23. The van der Waals surface area contributed by atoms with E-state index < -0.39 is 18.5 Å². The molecular formula is C21H16N2O4S. The van der Waals surface area contributed by atoms with E-state index >= 15 is 0 Å². The molecule has 0 unspecified atom stereocenters. The molecule has 3 aromatic rings. The van der Waals surface area contributed by atoms with Gasteiger partial charge in [-0.2, -0.15) is 5.26 Å². The van der Waals surface area contributed by atoms with E-state index in [1.165, 1.54) is 11.3 Å². The maximum Gasteiger partial charge on any atom is 0.338 e. The van der Waals surface area contributed by atoms with Crippen molar-refractivity contribution in [3.8, 4) is 11.8 Å². The Balaban J connectivity index is 1.48. The van der Waals surface area contributed by atoms with Crippen LogP contribution in [0.3, 0.4) is 0 Å². The number of anilines is 1. The number of esters is 1. The van der Waals surface area contributed by atoms with Crippen molar-refractivity contribution in [2.75, 3.05) is 11.9 Å². The quantitative estimate of drug-likeness (QED) is 0.614. The Morgan fingerprint density at radius 1 is 1.04 bits per heavy atom. The number of hydrogen-bond acceptors (Lipinski definition) is 6. The van der Waals surface area contributed by atoms with Crippen molar-refractivity contribution in [2.45, 2.75) is 6.61 Å². The average molecular weight is 392 g/mol. The van der Waals surface area contributed by atoms with Gasteiger partial charge in [0.15, 0.2) is 6.61 Å². The van der Waals surface area contributed by atoms with Gasteiger partial charge in [0.1, 0.15) is 23.4 Å². The maximum atomic E-state index is 12.1. The molecule has 1 heterocycles. The highest BCUT2D eigenvalue weighted by Crippen LogP contribution is 2.21. The van der Waals surface area contributed by atoms with E-state index in [4.69, 9.17) is 14.7 Å². The van der Waals surface area contributed by atoms with Crippen LogP contribution in [0.15, 0.2) is 66.0 Å². The van der Waals surface area contributed by atoms with Gasteiger partial charge in [-0.25, -0.2) is 4.79 Å². The number of para-hydroxylation sites is 1. The lowest BCUT2D eigenvalue weighted by atomic mass is 10.1. The monoisotopic (exact) mass is 392 g/mol. The number of nitrogens with zero attached hydrogens (tertiary/aromatic N) is 1. The minimum atomic E-state index is -0.600. The molecular weight excluding hydrogens is 376 g/mol. The fourth-order valence-corrected chi connectivity index (χ4v) is 3.05. The van der Waals surface area contributed by atoms with Gasteiger partial charge in [0, 0.05) is 0 Å². The fourth-order valence-electron chi connectivity index (χ4n) is 2.29. The zero-order valence-corrected chi connectivity index (χ0v) is 15.6. The number of rotatable bonds is 7. The summed E-state index contributed by atoms with van der Waals surface area (Å²) < 4.78 is 10.7. The average Bonchev–Trinajstić information content (AvgIpc) is 3.18. The van der Waals surface area contributed by atoms with Crippen LogP contribution in [0.1, 0.15) is 21.5 Å². The Morgan fingerprint density at radius 2 is 1.79 bits per heavy atom. The lowest BCUT2D eigenvalue weighted by Crippen LogP contribution is -2.20. The molecule has 0 saturated carbocycles. The van der Waals surface area contributed by atoms with E-state index in [1.807, 2.05) is 36.4 Å². The number of carbonyl (C=O) groups excluding carboxylic acids is 2. The highest BCUT2D eigenvalue weighted by molar-refractivity contribution is 7.14.